The van der Waals surface area contributed by atoms with Crippen LogP contribution in [0.25, 0.3) is 43.9 Å². The number of aryl methyl sites for hydroxylation is 1. The van der Waals surface area contributed by atoms with Gasteiger partial charge in [-0.3, -0.25) is 9.78 Å². The first-order chi connectivity index (χ1) is 13.6. The number of rotatable bonds is 2. The van der Waals surface area contributed by atoms with Crippen molar-refractivity contribution < 1.29 is 0 Å². The minimum absolute atomic E-state index is 0.232. The lowest BCUT2D eigenvalue weighted by molar-refractivity contribution is 1.19. The molecule has 8 heteroatoms. The van der Waals surface area contributed by atoms with Gasteiger partial charge in [0.05, 0.1) is 25.6 Å². The molecule has 0 aliphatic rings. The predicted octanol–water partition coefficient (Wildman–Crippen LogP) is 4.73. The first-order valence-corrected chi connectivity index (χ1v) is 10.1. The van der Waals surface area contributed by atoms with Crippen molar-refractivity contribution in [2.45, 2.75) is 6.92 Å². The van der Waals surface area contributed by atoms with E-state index in [0.717, 1.165) is 32.0 Å². The molecule has 4 aromatic heterocycles. The third kappa shape index (κ3) is 2.90. The highest BCUT2D eigenvalue weighted by molar-refractivity contribution is 9.10. The average Bonchev–Trinajstić information content (AvgIpc) is 3.13. The van der Waals surface area contributed by atoms with Gasteiger partial charge >= 0.3 is 0 Å². The van der Waals surface area contributed by atoms with Crippen LogP contribution in [0.5, 0.6) is 0 Å². The highest BCUT2D eigenvalue weighted by Crippen LogP contribution is 2.35. The molecule has 0 unspecified atom stereocenters. The first kappa shape index (κ1) is 17.2. The van der Waals surface area contributed by atoms with Crippen LogP contribution in [0.3, 0.4) is 0 Å². The minimum atomic E-state index is -0.232. The standard InChI is InChI=1S/C20H12BrN5OS/c1-10-23-9-15(28-10)19-17(12-4-5-14-11(7-12)3-2-6-22-14)25-18-13(21)8-16(27)24-20(18)26-19/h2-9H,1H3,(H,24,26,27). The van der Waals surface area contributed by atoms with Crippen LogP contribution in [0.1, 0.15) is 5.01 Å². The second-order valence-corrected chi connectivity index (χ2v) is 8.34. The van der Waals surface area contributed by atoms with Gasteiger partial charge in [0.25, 0.3) is 5.56 Å². The van der Waals surface area contributed by atoms with Crippen molar-refractivity contribution in [3.8, 4) is 21.8 Å². The van der Waals surface area contributed by atoms with E-state index in [2.05, 4.69) is 36.9 Å². The third-order valence-electron chi connectivity index (χ3n) is 4.35. The molecule has 0 spiro atoms. The second-order valence-electron chi connectivity index (χ2n) is 6.25. The lowest BCUT2D eigenvalue weighted by Gasteiger charge is -2.10. The van der Waals surface area contributed by atoms with E-state index in [1.54, 1.807) is 23.7 Å². The summed E-state index contributed by atoms with van der Waals surface area (Å²) in [5.41, 5.74) is 4.07. The number of hydrogen-bond donors (Lipinski definition) is 1. The van der Waals surface area contributed by atoms with Crippen LogP contribution in [0.4, 0.5) is 0 Å². The summed E-state index contributed by atoms with van der Waals surface area (Å²) in [6.45, 7) is 1.95. The molecule has 1 N–H and O–H groups in total. The van der Waals surface area contributed by atoms with Crippen LogP contribution >= 0.6 is 27.3 Å². The molecule has 4 heterocycles. The molecule has 0 fully saturated rings. The maximum absolute atomic E-state index is 11.9. The topological polar surface area (TPSA) is 84.4 Å². The van der Waals surface area contributed by atoms with Gasteiger partial charge in [-0.25, -0.2) is 15.0 Å². The van der Waals surface area contributed by atoms with Crippen LogP contribution in [0.2, 0.25) is 0 Å². The molecule has 0 bridgehead atoms. The molecule has 1 aromatic carbocycles. The van der Waals surface area contributed by atoms with Gasteiger partial charge in [0.15, 0.2) is 5.65 Å². The summed E-state index contributed by atoms with van der Waals surface area (Å²) in [4.78, 5) is 33.9. The molecule has 5 rings (SSSR count). The molecule has 0 radical (unpaired) electrons. The van der Waals surface area contributed by atoms with Crippen LogP contribution in [-0.4, -0.2) is 24.9 Å². The maximum atomic E-state index is 11.9. The number of H-pyrrole nitrogens is 1. The Hall–Kier alpha value is -2.97. The summed E-state index contributed by atoms with van der Waals surface area (Å²) < 4.78 is 0.606. The first-order valence-electron chi connectivity index (χ1n) is 8.47. The van der Waals surface area contributed by atoms with E-state index < -0.39 is 0 Å². The van der Waals surface area contributed by atoms with Gasteiger partial charge in [-0.15, -0.1) is 11.3 Å². The predicted molar refractivity (Wildman–Crippen MR) is 114 cm³/mol. The Kier molecular flexibility index (Phi) is 4.03. The Labute approximate surface area is 171 Å². The van der Waals surface area contributed by atoms with Crippen LogP contribution in [0.15, 0.2) is 58.1 Å². The van der Waals surface area contributed by atoms with Gasteiger partial charge in [-0.1, -0.05) is 12.1 Å². The lowest BCUT2D eigenvalue weighted by atomic mass is 10.1. The van der Waals surface area contributed by atoms with Gasteiger partial charge in [0, 0.05) is 29.4 Å². The number of thiazole rings is 1. The van der Waals surface area contributed by atoms with Crippen molar-refractivity contribution in [3.63, 3.8) is 0 Å². The number of benzene rings is 1. The van der Waals surface area contributed by atoms with E-state index in [9.17, 15) is 4.79 Å². The van der Waals surface area contributed by atoms with E-state index in [0.29, 0.717) is 21.3 Å². The number of nitrogens with one attached hydrogen (secondary N) is 1. The highest BCUT2D eigenvalue weighted by Gasteiger charge is 2.17. The molecule has 6 nitrogen and oxygen atoms in total. The van der Waals surface area contributed by atoms with Crippen molar-refractivity contribution in [1.29, 1.82) is 0 Å². The van der Waals surface area contributed by atoms with Crippen molar-refractivity contribution >= 4 is 49.3 Å². The summed E-state index contributed by atoms with van der Waals surface area (Å²) in [5, 5.41) is 1.96. The number of nitrogens with zero attached hydrogens (tertiary/aromatic N) is 4. The lowest BCUT2D eigenvalue weighted by Crippen LogP contribution is -2.07. The number of halogens is 1. The molecule has 5 aromatic rings. The highest BCUT2D eigenvalue weighted by atomic mass is 79.9. The second kappa shape index (κ2) is 6.57. The zero-order valence-corrected chi connectivity index (χ0v) is 17.0. The Morgan fingerprint density at radius 1 is 1.07 bits per heavy atom. The Balaban J connectivity index is 1.85. The van der Waals surface area contributed by atoms with Crippen LogP contribution < -0.4 is 5.56 Å². The molecule has 0 saturated heterocycles. The van der Waals surface area contributed by atoms with Crippen LogP contribution in [-0.2, 0) is 0 Å². The SMILES string of the molecule is Cc1ncc(-c2nc3[nH]c(=O)cc(Br)c3nc2-c2ccc3ncccc3c2)s1. The van der Waals surface area contributed by atoms with E-state index in [4.69, 9.17) is 9.97 Å². The van der Waals surface area contributed by atoms with Crippen molar-refractivity contribution in [1.82, 2.24) is 24.9 Å². The van der Waals surface area contributed by atoms with Gasteiger partial charge < -0.3 is 4.98 Å². The third-order valence-corrected chi connectivity index (χ3v) is 5.88. The average molecular weight is 450 g/mol. The molecular weight excluding hydrogens is 438 g/mol. The minimum Gasteiger partial charge on any atom is -0.305 e. The molecule has 28 heavy (non-hydrogen) atoms. The number of fused-ring (bicyclic) bond motifs is 2. The number of hydrogen-bond acceptors (Lipinski definition) is 6. The zero-order chi connectivity index (χ0) is 19.3. The summed E-state index contributed by atoms with van der Waals surface area (Å²) in [6.07, 6.45) is 3.56. The van der Waals surface area contributed by atoms with E-state index in [1.165, 1.54) is 6.07 Å². The monoisotopic (exact) mass is 449 g/mol. The van der Waals surface area contributed by atoms with Crippen molar-refractivity contribution in [2.75, 3.05) is 0 Å². The Morgan fingerprint density at radius 3 is 2.79 bits per heavy atom. The quantitative estimate of drug-likeness (QED) is 0.421. The maximum Gasteiger partial charge on any atom is 0.250 e. The number of aromatic amines is 1. The summed E-state index contributed by atoms with van der Waals surface area (Å²) in [6, 6.07) is 11.4. The van der Waals surface area contributed by atoms with Crippen molar-refractivity contribution in [3.05, 3.63) is 68.6 Å². The summed E-state index contributed by atoms with van der Waals surface area (Å²) in [7, 11) is 0. The molecule has 0 amide bonds. The Morgan fingerprint density at radius 2 is 1.96 bits per heavy atom. The molecular formula is C20H12BrN5OS. The van der Waals surface area contributed by atoms with E-state index >= 15 is 0 Å². The Bertz CT molecular complexity index is 1430. The summed E-state index contributed by atoms with van der Waals surface area (Å²) in [5.74, 6) is 0. The number of pyridine rings is 2. The van der Waals surface area contributed by atoms with Gasteiger partial charge in [0.2, 0.25) is 0 Å². The molecule has 0 aliphatic carbocycles. The molecule has 0 aliphatic heterocycles. The molecule has 0 saturated carbocycles. The fraction of sp³-hybridized carbons (Fsp3) is 0.0500. The van der Waals surface area contributed by atoms with E-state index in [1.807, 2.05) is 31.2 Å². The zero-order valence-electron chi connectivity index (χ0n) is 14.6. The molecule has 136 valence electrons. The van der Waals surface area contributed by atoms with Gasteiger partial charge in [-0.2, -0.15) is 0 Å². The fourth-order valence-electron chi connectivity index (χ4n) is 3.09. The number of aromatic nitrogens is 5. The normalized spacial score (nSPS) is 11.4. The van der Waals surface area contributed by atoms with Gasteiger partial charge in [-0.05, 0) is 41.1 Å². The summed E-state index contributed by atoms with van der Waals surface area (Å²) >= 11 is 4.98. The van der Waals surface area contributed by atoms with Gasteiger partial charge in [0.1, 0.15) is 11.2 Å². The smallest absolute Gasteiger partial charge is 0.250 e. The fourth-order valence-corrected chi connectivity index (χ4v) is 4.34. The largest absolute Gasteiger partial charge is 0.305 e. The van der Waals surface area contributed by atoms with Crippen LogP contribution in [0, 0.1) is 6.92 Å². The van der Waals surface area contributed by atoms with Crippen molar-refractivity contribution in [2.24, 2.45) is 0 Å². The van der Waals surface area contributed by atoms with E-state index in [-0.39, 0.29) is 5.56 Å². The molecule has 0 atom stereocenters.